The Balaban J connectivity index is 0.000000191. The average molecular weight is 258 g/mol. The fourth-order valence-corrected chi connectivity index (χ4v) is 1.74. The third kappa shape index (κ3) is 5.25. The van der Waals surface area contributed by atoms with Crippen LogP contribution in [-0.2, 0) is 6.42 Å². The van der Waals surface area contributed by atoms with Gasteiger partial charge >= 0.3 is 0 Å². The van der Waals surface area contributed by atoms with Gasteiger partial charge in [-0.1, -0.05) is 68.8 Å². The molecule has 0 aliphatic heterocycles. The zero-order valence-corrected chi connectivity index (χ0v) is 12.3. The molecule has 0 unspecified atom stereocenters. The lowest BCUT2D eigenvalue weighted by Gasteiger charge is -2.03. The zero-order valence-electron chi connectivity index (χ0n) is 12.3. The molecule has 0 saturated carbocycles. The van der Waals surface area contributed by atoms with E-state index in [0.29, 0.717) is 5.92 Å². The van der Waals surface area contributed by atoms with Gasteiger partial charge in [0.05, 0.1) is 0 Å². The lowest BCUT2D eigenvalue weighted by molar-refractivity contribution is 0.612. The molecule has 0 aromatic heterocycles. The molecule has 0 aliphatic carbocycles. The van der Waals surface area contributed by atoms with E-state index in [1.54, 1.807) is 12.1 Å². The molecule has 0 N–H and O–H groups in total. The largest absolute Gasteiger partial charge is 0.207 e. The molecule has 2 aromatic rings. The van der Waals surface area contributed by atoms with E-state index in [1.165, 1.54) is 17.2 Å². The van der Waals surface area contributed by atoms with E-state index >= 15 is 0 Å². The van der Waals surface area contributed by atoms with E-state index in [0.717, 1.165) is 12.0 Å². The Bertz CT molecular complexity index is 483. The molecule has 0 heterocycles. The standard InChI is InChI=1S/C10H14.C8H9F/c1-8(2)10-6-4-9(3)5-7-10;1-2-7-5-3-4-6-8(7)9/h4-8H,1-3H3;3-6H,2H2,1H3. The minimum atomic E-state index is -0.0972. The molecule has 0 fully saturated rings. The zero-order chi connectivity index (χ0) is 14.3. The van der Waals surface area contributed by atoms with Crippen molar-refractivity contribution in [2.24, 2.45) is 0 Å². The second-order valence-corrected chi connectivity index (χ2v) is 5.01. The Morgan fingerprint density at radius 3 is 1.95 bits per heavy atom. The first-order valence-electron chi connectivity index (χ1n) is 6.84. The number of aryl methyl sites for hydroxylation is 2. The smallest absolute Gasteiger partial charge is 0.126 e. The number of hydrogen-bond donors (Lipinski definition) is 0. The summed E-state index contributed by atoms with van der Waals surface area (Å²) < 4.78 is 12.6. The van der Waals surface area contributed by atoms with Crippen molar-refractivity contribution < 1.29 is 4.39 Å². The van der Waals surface area contributed by atoms with Crippen LogP contribution in [-0.4, -0.2) is 0 Å². The first-order chi connectivity index (χ1) is 9.04. The topological polar surface area (TPSA) is 0 Å². The third-order valence-corrected chi connectivity index (χ3v) is 3.08. The van der Waals surface area contributed by atoms with Gasteiger partial charge in [0.25, 0.3) is 0 Å². The monoisotopic (exact) mass is 258 g/mol. The molecular weight excluding hydrogens is 235 g/mol. The summed E-state index contributed by atoms with van der Waals surface area (Å²) in [6, 6.07) is 15.6. The predicted molar refractivity (Wildman–Crippen MR) is 81.0 cm³/mol. The van der Waals surface area contributed by atoms with Gasteiger partial charge in [-0.15, -0.1) is 0 Å². The van der Waals surface area contributed by atoms with E-state index in [-0.39, 0.29) is 5.82 Å². The maximum atomic E-state index is 12.6. The molecule has 0 atom stereocenters. The highest BCUT2D eigenvalue weighted by molar-refractivity contribution is 5.23. The van der Waals surface area contributed by atoms with Gasteiger partial charge in [-0.25, -0.2) is 4.39 Å². The van der Waals surface area contributed by atoms with Crippen LogP contribution in [0.3, 0.4) is 0 Å². The molecule has 2 rings (SSSR count). The second-order valence-electron chi connectivity index (χ2n) is 5.01. The highest BCUT2D eigenvalue weighted by atomic mass is 19.1. The normalized spacial score (nSPS) is 10.0. The van der Waals surface area contributed by atoms with Crippen LogP contribution in [0.5, 0.6) is 0 Å². The lowest BCUT2D eigenvalue weighted by Crippen LogP contribution is -1.85. The van der Waals surface area contributed by atoms with E-state index in [2.05, 4.69) is 45.0 Å². The molecular formula is C18H23F. The summed E-state index contributed by atoms with van der Waals surface area (Å²) in [6.45, 7) is 8.48. The molecule has 1 heteroatoms. The maximum Gasteiger partial charge on any atom is 0.126 e. The Labute approximate surface area is 116 Å². The summed E-state index contributed by atoms with van der Waals surface area (Å²) >= 11 is 0. The minimum Gasteiger partial charge on any atom is -0.207 e. The Hall–Kier alpha value is -1.63. The van der Waals surface area contributed by atoms with Gasteiger partial charge in [-0.3, -0.25) is 0 Å². The number of hydrogen-bond acceptors (Lipinski definition) is 0. The highest BCUT2D eigenvalue weighted by Crippen LogP contribution is 2.13. The van der Waals surface area contributed by atoms with E-state index in [9.17, 15) is 4.39 Å². The number of halogens is 1. The van der Waals surface area contributed by atoms with E-state index < -0.39 is 0 Å². The van der Waals surface area contributed by atoms with Crippen LogP contribution >= 0.6 is 0 Å². The van der Waals surface area contributed by atoms with Crippen LogP contribution in [0, 0.1) is 12.7 Å². The first kappa shape index (κ1) is 15.4. The number of rotatable bonds is 2. The lowest BCUT2D eigenvalue weighted by atomic mass is 10.0. The molecule has 0 saturated heterocycles. The van der Waals surface area contributed by atoms with Gasteiger partial charge in [-0.2, -0.15) is 0 Å². The first-order valence-corrected chi connectivity index (χ1v) is 6.84. The van der Waals surface area contributed by atoms with Crippen LogP contribution in [0.4, 0.5) is 4.39 Å². The van der Waals surface area contributed by atoms with E-state index in [1.807, 2.05) is 13.0 Å². The van der Waals surface area contributed by atoms with Gasteiger partial charge in [0.2, 0.25) is 0 Å². The van der Waals surface area contributed by atoms with Gasteiger partial charge < -0.3 is 0 Å². The molecule has 0 aliphatic rings. The van der Waals surface area contributed by atoms with Crippen molar-refractivity contribution in [1.29, 1.82) is 0 Å². The summed E-state index contributed by atoms with van der Waals surface area (Å²) in [6.07, 6.45) is 0.771. The quantitative estimate of drug-likeness (QED) is 0.666. The van der Waals surface area contributed by atoms with Crippen LogP contribution in [0.25, 0.3) is 0 Å². The summed E-state index contributed by atoms with van der Waals surface area (Å²) in [5.41, 5.74) is 3.55. The molecule has 0 amide bonds. The van der Waals surface area contributed by atoms with Crippen molar-refractivity contribution in [3.05, 3.63) is 71.0 Å². The molecule has 0 bridgehead atoms. The van der Waals surface area contributed by atoms with Gasteiger partial charge in [-0.05, 0) is 36.5 Å². The van der Waals surface area contributed by atoms with Crippen LogP contribution < -0.4 is 0 Å². The van der Waals surface area contributed by atoms with Crippen molar-refractivity contribution in [2.45, 2.75) is 40.0 Å². The predicted octanol–water partition coefficient (Wildman–Crippen LogP) is 5.51. The molecule has 2 aromatic carbocycles. The molecule has 0 spiro atoms. The summed E-state index contributed by atoms with van der Waals surface area (Å²) in [4.78, 5) is 0. The Kier molecular flexibility index (Phi) is 6.27. The maximum absolute atomic E-state index is 12.6. The second kappa shape index (κ2) is 7.73. The van der Waals surface area contributed by atoms with Crippen molar-refractivity contribution >= 4 is 0 Å². The average Bonchev–Trinajstić information content (AvgIpc) is 2.40. The van der Waals surface area contributed by atoms with Crippen LogP contribution in [0.15, 0.2) is 48.5 Å². The Morgan fingerprint density at radius 2 is 1.53 bits per heavy atom. The van der Waals surface area contributed by atoms with Gasteiger partial charge in [0.1, 0.15) is 5.82 Å². The molecule has 19 heavy (non-hydrogen) atoms. The fourth-order valence-electron chi connectivity index (χ4n) is 1.74. The Morgan fingerprint density at radius 1 is 0.947 bits per heavy atom. The third-order valence-electron chi connectivity index (χ3n) is 3.08. The molecule has 102 valence electrons. The van der Waals surface area contributed by atoms with Gasteiger partial charge in [0.15, 0.2) is 0 Å². The van der Waals surface area contributed by atoms with Crippen molar-refractivity contribution in [3.63, 3.8) is 0 Å². The van der Waals surface area contributed by atoms with Gasteiger partial charge in [0, 0.05) is 0 Å². The fraction of sp³-hybridized carbons (Fsp3) is 0.333. The van der Waals surface area contributed by atoms with Crippen LogP contribution in [0.2, 0.25) is 0 Å². The van der Waals surface area contributed by atoms with Crippen LogP contribution in [0.1, 0.15) is 43.4 Å². The number of benzene rings is 2. The summed E-state index contributed by atoms with van der Waals surface area (Å²) in [5.74, 6) is 0.556. The minimum absolute atomic E-state index is 0.0972. The summed E-state index contributed by atoms with van der Waals surface area (Å²) in [5, 5.41) is 0. The molecule has 0 radical (unpaired) electrons. The summed E-state index contributed by atoms with van der Waals surface area (Å²) in [7, 11) is 0. The highest BCUT2D eigenvalue weighted by Gasteiger charge is 1.95. The molecule has 0 nitrogen and oxygen atoms in total. The van der Waals surface area contributed by atoms with E-state index in [4.69, 9.17) is 0 Å². The SMILES string of the molecule is CCc1ccccc1F.Cc1ccc(C(C)C)cc1. The van der Waals surface area contributed by atoms with Crippen molar-refractivity contribution in [3.8, 4) is 0 Å². The van der Waals surface area contributed by atoms with Crippen molar-refractivity contribution in [1.82, 2.24) is 0 Å². The van der Waals surface area contributed by atoms with Crippen molar-refractivity contribution in [2.75, 3.05) is 0 Å².